The molecule has 5 atom stereocenters. The van der Waals surface area contributed by atoms with Crippen LogP contribution < -0.4 is 22.1 Å². The summed E-state index contributed by atoms with van der Waals surface area (Å²) in [6.45, 7) is 2.52. The van der Waals surface area contributed by atoms with Crippen LogP contribution in [0.2, 0.25) is 0 Å². The standard InChI is InChI=1S/C30H42N6O2/c31-30(32)33-13-3-6-27-29(38)36(14-11-24-17-20-7-8-23(24)16-20)15-12-26(35-27)19-34-28(37)25-10-9-21-4-1-2-5-22(21)18-25/h1-2,4-5,9-10,18,20,23-24,26-27,35H,3,6-8,11-17,19H2,(H,34,37)(H4,31,32,33)/t20?,23?,24?,26-,27-/m1/s1. The quantitative estimate of drug-likeness (QED) is 0.219. The van der Waals surface area contributed by atoms with Crippen molar-refractivity contribution in [2.45, 2.75) is 63.5 Å². The summed E-state index contributed by atoms with van der Waals surface area (Å²) in [7, 11) is 0. The second kappa shape index (κ2) is 12.2. The molecule has 8 heteroatoms. The maximum Gasteiger partial charge on any atom is 0.251 e. The van der Waals surface area contributed by atoms with Crippen LogP contribution in [-0.4, -0.2) is 60.9 Å². The van der Waals surface area contributed by atoms with Crippen molar-refractivity contribution < 1.29 is 9.59 Å². The van der Waals surface area contributed by atoms with Crippen molar-refractivity contribution in [3.8, 4) is 0 Å². The molecule has 3 aliphatic rings. The minimum absolute atomic E-state index is 0.0175. The molecule has 6 N–H and O–H groups in total. The Hall–Kier alpha value is -3.13. The highest BCUT2D eigenvalue weighted by Crippen LogP contribution is 2.49. The third kappa shape index (κ3) is 6.46. The van der Waals surface area contributed by atoms with Gasteiger partial charge >= 0.3 is 0 Å². The van der Waals surface area contributed by atoms with Gasteiger partial charge in [-0.1, -0.05) is 36.8 Å². The molecular formula is C30H42N6O2. The molecule has 3 unspecified atom stereocenters. The maximum atomic E-state index is 13.6. The van der Waals surface area contributed by atoms with Crippen LogP contribution in [0.1, 0.15) is 61.7 Å². The molecule has 204 valence electrons. The van der Waals surface area contributed by atoms with Gasteiger partial charge in [-0.3, -0.25) is 14.6 Å². The van der Waals surface area contributed by atoms with E-state index < -0.39 is 0 Å². The monoisotopic (exact) mass is 518 g/mol. The smallest absolute Gasteiger partial charge is 0.251 e. The Morgan fingerprint density at radius 2 is 1.89 bits per heavy atom. The Bertz CT molecular complexity index is 1160. The Kier molecular flexibility index (Phi) is 8.47. The minimum atomic E-state index is -0.297. The van der Waals surface area contributed by atoms with E-state index in [9.17, 15) is 9.59 Å². The maximum absolute atomic E-state index is 13.6. The zero-order valence-corrected chi connectivity index (χ0v) is 22.3. The summed E-state index contributed by atoms with van der Waals surface area (Å²) in [4.78, 5) is 32.7. The van der Waals surface area contributed by atoms with Gasteiger partial charge < -0.3 is 27.0 Å². The number of nitrogens with two attached hydrogens (primary N) is 2. The average Bonchev–Trinajstić information content (AvgIpc) is 3.52. The number of hydrogen-bond donors (Lipinski definition) is 4. The topological polar surface area (TPSA) is 126 Å². The first-order valence-corrected chi connectivity index (χ1v) is 14.3. The first-order valence-electron chi connectivity index (χ1n) is 14.3. The van der Waals surface area contributed by atoms with Crippen LogP contribution in [0, 0.1) is 17.8 Å². The Morgan fingerprint density at radius 1 is 1.05 bits per heavy atom. The number of guanidine groups is 1. The molecule has 1 heterocycles. The lowest BCUT2D eigenvalue weighted by Gasteiger charge is -2.28. The van der Waals surface area contributed by atoms with Crippen molar-refractivity contribution >= 4 is 28.5 Å². The van der Waals surface area contributed by atoms with E-state index in [4.69, 9.17) is 11.5 Å². The lowest BCUT2D eigenvalue weighted by Crippen LogP contribution is -2.49. The van der Waals surface area contributed by atoms with E-state index in [0.717, 1.165) is 54.3 Å². The number of hydrogen-bond acceptors (Lipinski definition) is 4. The van der Waals surface area contributed by atoms with Gasteiger partial charge in [-0.05, 0) is 85.6 Å². The van der Waals surface area contributed by atoms with Crippen LogP contribution in [0.4, 0.5) is 0 Å². The number of rotatable bonds is 10. The molecule has 0 radical (unpaired) electrons. The molecule has 0 aromatic heterocycles. The van der Waals surface area contributed by atoms with Crippen LogP contribution in [0.5, 0.6) is 0 Å². The number of fused-ring (bicyclic) bond motifs is 3. The Labute approximate surface area is 225 Å². The summed E-state index contributed by atoms with van der Waals surface area (Å²) < 4.78 is 0. The second-order valence-electron chi connectivity index (χ2n) is 11.5. The first-order chi connectivity index (χ1) is 18.5. The third-order valence-electron chi connectivity index (χ3n) is 8.91. The van der Waals surface area contributed by atoms with Gasteiger partial charge in [-0.25, -0.2) is 0 Å². The molecule has 5 rings (SSSR count). The molecule has 1 saturated heterocycles. The molecule has 3 fully saturated rings. The number of carbonyl (C=O) groups excluding carboxylic acids is 2. The molecule has 2 amide bonds. The summed E-state index contributed by atoms with van der Waals surface area (Å²) in [5, 5.41) is 8.82. The molecule has 2 saturated carbocycles. The molecule has 2 aliphatic carbocycles. The number of nitrogens with one attached hydrogen (secondary N) is 2. The number of benzene rings is 2. The zero-order valence-electron chi connectivity index (χ0n) is 22.3. The van der Waals surface area contributed by atoms with Gasteiger partial charge in [-0.2, -0.15) is 0 Å². The van der Waals surface area contributed by atoms with E-state index in [1.54, 1.807) is 0 Å². The van der Waals surface area contributed by atoms with Crippen molar-refractivity contribution in [2.24, 2.45) is 34.2 Å². The molecule has 2 aromatic carbocycles. The van der Waals surface area contributed by atoms with Gasteiger partial charge in [0.15, 0.2) is 5.96 Å². The van der Waals surface area contributed by atoms with Crippen LogP contribution in [-0.2, 0) is 4.79 Å². The fourth-order valence-corrected chi connectivity index (χ4v) is 6.87. The molecular weight excluding hydrogens is 476 g/mol. The van der Waals surface area contributed by atoms with Gasteiger partial charge in [0.05, 0.1) is 6.04 Å². The fourth-order valence-electron chi connectivity index (χ4n) is 6.87. The van der Waals surface area contributed by atoms with E-state index in [2.05, 4.69) is 20.5 Å². The van der Waals surface area contributed by atoms with E-state index in [0.29, 0.717) is 31.6 Å². The van der Waals surface area contributed by atoms with Crippen molar-refractivity contribution in [1.82, 2.24) is 15.5 Å². The predicted molar refractivity (Wildman–Crippen MR) is 152 cm³/mol. The number of carbonyl (C=O) groups is 2. The third-order valence-corrected chi connectivity index (χ3v) is 8.91. The van der Waals surface area contributed by atoms with Crippen LogP contribution in [0.25, 0.3) is 10.8 Å². The minimum Gasteiger partial charge on any atom is -0.370 e. The van der Waals surface area contributed by atoms with E-state index >= 15 is 0 Å². The summed E-state index contributed by atoms with van der Waals surface area (Å²) in [5.74, 6) is 2.72. The molecule has 0 spiro atoms. The highest BCUT2D eigenvalue weighted by Gasteiger charge is 2.40. The number of aliphatic imine (C=N–C) groups is 1. The molecule has 1 aliphatic heterocycles. The van der Waals surface area contributed by atoms with Crippen molar-refractivity contribution in [2.75, 3.05) is 26.2 Å². The molecule has 8 nitrogen and oxygen atoms in total. The van der Waals surface area contributed by atoms with Gasteiger partial charge in [0.25, 0.3) is 5.91 Å². The lowest BCUT2D eigenvalue weighted by molar-refractivity contribution is -0.133. The van der Waals surface area contributed by atoms with Crippen molar-refractivity contribution in [3.63, 3.8) is 0 Å². The second-order valence-corrected chi connectivity index (χ2v) is 11.5. The number of nitrogens with zero attached hydrogens (tertiary/aromatic N) is 2. The van der Waals surface area contributed by atoms with Gasteiger partial charge in [0, 0.05) is 37.8 Å². The van der Waals surface area contributed by atoms with Crippen LogP contribution >= 0.6 is 0 Å². The highest BCUT2D eigenvalue weighted by atomic mass is 16.2. The fraction of sp³-hybridized carbons (Fsp3) is 0.567. The zero-order chi connectivity index (χ0) is 26.5. The van der Waals surface area contributed by atoms with Gasteiger partial charge in [0.1, 0.15) is 0 Å². The van der Waals surface area contributed by atoms with E-state index in [1.165, 1.54) is 25.7 Å². The number of amides is 2. The summed E-state index contributed by atoms with van der Waals surface area (Å²) >= 11 is 0. The van der Waals surface area contributed by atoms with Crippen molar-refractivity contribution in [3.05, 3.63) is 48.0 Å². The molecule has 38 heavy (non-hydrogen) atoms. The summed E-state index contributed by atoms with van der Waals surface area (Å²) in [6.07, 6.45) is 8.81. The van der Waals surface area contributed by atoms with Crippen LogP contribution in [0.3, 0.4) is 0 Å². The van der Waals surface area contributed by atoms with E-state index in [1.807, 2.05) is 42.5 Å². The SMILES string of the molecule is NC(N)=NCCC[C@H]1N[C@@H](CNC(=O)c2ccc3ccccc3c2)CCN(CCC2CC3CCC2C3)C1=O. The molecule has 2 bridgehead atoms. The van der Waals surface area contributed by atoms with Crippen LogP contribution in [0.15, 0.2) is 47.5 Å². The normalized spacial score (nSPS) is 26.9. The first kappa shape index (κ1) is 26.5. The van der Waals surface area contributed by atoms with E-state index in [-0.39, 0.29) is 29.9 Å². The molecule has 2 aromatic rings. The highest BCUT2D eigenvalue weighted by molar-refractivity contribution is 5.98. The largest absolute Gasteiger partial charge is 0.370 e. The Balaban J connectivity index is 1.19. The summed E-state index contributed by atoms with van der Waals surface area (Å²) in [6, 6.07) is 13.5. The Morgan fingerprint density at radius 3 is 2.66 bits per heavy atom. The van der Waals surface area contributed by atoms with Crippen molar-refractivity contribution in [1.29, 1.82) is 0 Å². The lowest BCUT2D eigenvalue weighted by atomic mass is 9.86. The summed E-state index contributed by atoms with van der Waals surface area (Å²) in [5.41, 5.74) is 11.6. The predicted octanol–water partition coefficient (Wildman–Crippen LogP) is 3.01. The van der Waals surface area contributed by atoms with Gasteiger partial charge in [-0.15, -0.1) is 0 Å². The van der Waals surface area contributed by atoms with Gasteiger partial charge in [0.2, 0.25) is 5.91 Å². The average molecular weight is 519 g/mol.